The molecular formula is C9H16N2O4. The molecule has 0 aliphatic carbocycles. The molecule has 86 valence electrons. The summed E-state index contributed by atoms with van der Waals surface area (Å²) in [5, 5.41) is 11.1. The van der Waals surface area contributed by atoms with E-state index in [0.29, 0.717) is 19.4 Å². The van der Waals surface area contributed by atoms with Crippen molar-refractivity contribution in [1.82, 2.24) is 5.32 Å². The highest BCUT2D eigenvalue weighted by Gasteiger charge is 2.18. The first-order valence-corrected chi connectivity index (χ1v) is 4.69. The Bertz CT molecular complexity index is 252. The van der Waals surface area contributed by atoms with Crippen LogP contribution in [-0.2, 0) is 9.59 Å². The van der Waals surface area contributed by atoms with Crippen molar-refractivity contribution >= 4 is 17.8 Å². The fourth-order valence-electron chi connectivity index (χ4n) is 1.22. The van der Waals surface area contributed by atoms with Gasteiger partial charge in [-0.25, -0.2) is 4.79 Å². The minimum Gasteiger partial charge on any atom is -0.481 e. The molecule has 15 heavy (non-hydrogen) atoms. The Morgan fingerprint density at radius 3 is 2.40 bits per heavy atom. The van der Waals surface area contributed by atoms with E-state index in [2.05, 4.69) is 5.32 Å². The molecule has 0 radical (unpaired) electrons. The monoisotopic (exact) mass is 216 g/mol. The van der Waals surface area contributed by atoms with E-state index in [-0.39, 0.29) is 12.2 Å². The number of carbonyl (C=O) groups is 3. The Balaban J connectivity index is 3.81. The number of ketones is 1. The smallest absolute Gasteiger partial charge is 0.312 e. The predicted molar refractivity (Wildman–Crippen MR) is 53.2 cm³/mol. The first kappa shape index (κ1) is 13.4. The number of hydrogen-bond donors (Lipinski definition) is 3. The van der Waals surface area contributed by atoms with Crippen molar-refractivity contribution < 1.29 is 19.5 Å². The summed E-state index contributed by atoms with van der Waals surface area (Å²) < 4.78 is 0. The van der Waals surface area contributed by atoms with Gasteiger partial charge in [0.1, 0.15) is 5.78 Å². The van der Waals surface area contributed by atoms with Crippen molar-refractivity contribution in [3.63, 3.8) is 0 Å². The summed E-state index contributed by atoms with van der Waals surface area (Å²) in [6.45, 7) is 1.69. The maximum Gasteiger partial charge on any atom is 0.312 e. The van der Waals surface area contributed by atoms with Crippen LogP contribution in [0.1, 0.15) is 26.2 Å². The molecule has 6 heteroatoms. The molecule has 6 nitrogen and oxygen atoms in total. The molecular weight excluding hydrogens is 200 g/mol. The molecule has 2 amide bonds. The zero-order valence-electron chi connectivity index (χ0n) is 8.66. The molecule has 0 aromatic carbocycles. The summed E-state index contributed by atoms with van der Waals surface area (Å²) in [5.41, 5.74) is 4.83. The number of Topliss-reactive ketones (excluding diaryl/α,β-unsaturated/α-hetero) is 1. The molecule has 0 aliphatic rings. The lowest BCUT2D eigenvalue weighted by Gasteiger charge is -2.09. The number of carboxylic acids is 1. The van der Waals surface area contributed by atoms with Crippen LogP contribution in [0.2, 0.25) is 0 Å². The molecule has 0 aromatic rings. The van der Waals surface area contributed by atoms with Gasteiger partial charge in [-0.05, 0) is 19.8 Å². The van der Waals surface area contributed by atoms with Crippen molar-refractivity contribution in [1.29, 1.82) is 0 Å². The number of amides is 2. The summed E-state index contributed by atoms with van der Waals surface area (Å²) in [5.74, 6) is -1.80. The van der Waals surface area contributed by atoms with Crippen molar-refractivity contribution in [3.8, 4) is 0 Å². The van der Waals surface area contributed by atoms with Crippen molar-refractivity contribution in [2.75, 3.05) is 6.54 Å². The van der Waals surface area contributed by atoms with Gasteiger partial charge >= 0.3 is 12.0 Å². The number of aliphatic carboxylic acids is 1. The molecule has 4 N–H and O–H groups in total. The summed E-state index contributed by atoms with van der Waals surface area (Å²) in [6, 6.07) is -0.631. The molecule has 0 saturated heterocycles. The van der Waals surface area contributed by atoms with E-state index in [9.17, 15) is 14.4 Å². The van der Waals surface area contributed by atoms with Crippen LogP contribution in [0.5, 0.6) is 0 Å². The van der Waals surface area contributed by atoms with Gasteiger partial charge in [0, 0.05) is 13.0 Å². The van der Waals surface area contributed by atoms with Gasteiger partial charge in [0.15, 0.2) is 0 Å². The fraction of sp³-hybridized carbons (Fsp3) is 0.667. The van der Waals surface area contributed by atoms with Crippen molar-refractivity contribution in [2.45, 2.75) is 26.2 Å². The molecule has 1 atom stereocenters. The van der Waals surface area contributed by atoms with Crippen LogP contribution in [0, 0.1) is 5.92 Å². The van der Waals surface area contributed by atoms with E-state index in [1.54, 1.807) is 0 Å². The van der Waals surface area contributed by atoms with Gasteiger partial charge in [-0.15, -0.1) is 0 Å². The Kier molecular flexibility index (Phi) is 6.08. The summed E-state index contributed by atoms with van der Waals surface area (Å²) >= 11 is 0. The molecule has 0 saturated carbocycles. The number of nitrogens with one attached hydrogen (secondary N) is 1. The summed E-state index contributed by atoms with van der Waals surface area (Å²) in [4.78, 5) is 31.7. The first-order chi connectivity index (χ1) is 6.93. The summed E-state index contributed by atoms with van der Waals surface area (Å²) in [7, 11) is 0. The number of carbonyl (C=O) groups excluding carboxylic acids is 2. The molecule has 0 bridgehead atoms. The normalized spacial score (nSPS) is 11.8. The molecule has 0 aliphatic heterocycles. The lowest BCUT2D eigenvalue weighted by molar-refractivity contribution is -0.143. The van der Waals surface area contributed by atoms with Gasteiger partial charge in [-0.1, -0.05) is 0 Å². The van der Waals surface area contributed by atoms with Crippen molar-refractivity contribution in [3.05, 3.63) is 0 Å². The molecule has 0 heterocycles. The Morgan fingerprint density at radius 2 is 2.00 bits per heavy atom. The molecule has 0 spiro atoms. The maximum absolute atomic E-state index is 10.7. The van der Waals surface area contributed by atoms with Crippen LogP contribution < -0.4 is 11.1 Å². The van der Waals surface area contributed by atoms with Crippen LogP contribution in [0.3, 0.4) is 0 Å². The number of nitrogens with two attached hydrogens (primary N) is 1. The van der Waals surface area contributed by atoms with Crippen LogP contribution in [0.25, 0.3) is 0 Å². The van der Waals surface area contributed by atoms with Gasteiger partial charge in [-0.2, -0.15) is 0 Å². The third-order valence-corrected chi connectivity index (χ3v) is 1.91. The predicted octanol–water partition coefficient (Wildman–Crippen LogP) is 0.115. The molecule has 1 unspecified atom stereocenters. The Labute approximate surface area is 87.8 Å². The molecule has 0 fully saturated rings. The van der Waals surface area contributed by atoms with E-state index in [0.717, 1.165) is 0 Å². The van der Waals surface area contributed by atoms with Crippen LogP contribution in [0.4, 0.5) is 4.79 Å². The topological polar surface area (TPSA) is 109 Å². The lowest BCUT2D eigenvalue weighted by atomic mass is 9.98. The van der Waals surface area contributed by atoms with E-state index in [4.69, 9.17) is 10.8 Å². The number of carboxylic acid groups (broad SMARTS) is 1. The fourth-order valence-corrected chi connectivity index (χ4v) is 1.22. The van der Waals surface area contributed by atoms with E-state index >= 15 is 0 Å². The second kappa shape index (κ2) is 6.80. The standard InChI is InChI=1S/C9H16N2O4/c1-6(12)5-7(8(13)14)3-2-4-11-9(10)15/h7H,2-5H2,1H3,(H,13,14)(H3,10,11,15). The Hall–Kier alpha value is -1.59. The highest BCUT2D eigenvalue weighted by atomic mass is 16.4. The van der Waals surface area contributed by atoms with E-state index in [1.807, 2.05) is 0 Å². The van der Waals surface area contributed by atoms with Crippen LogP contribution >= 0.6 is 0 Å². The van der Waals surface area contributed by atoms with Gasteiger partial charge < -0.3 is 21.0 Å². The third kappa shape index (κ3) is 7.48. The number of rotatable bonds is 7. The Morgan fingerprint density at radius 1 is 1.40 bits per heavy atom. The minimum atomic E-state index is -0.982. The van der Waals surface area contributed by atoms with Crippen molar-refractivity contribution in [2.24, 2.45) is 11.7 Å². The van der Waals surface area contributed by atoms with Gasteiger partial charge in [0.25, 0.3) is 0 Å². The van der Waals surface area contributed by atoms with Crippen LogP contribution in [0.15, 0.2) is 0 Å². The SMILES string of the molecule is CC(=O)CC(CCCNC(N)=O)C(=O)O. The zero-order chi connectivity index (χ0) is 11.8. The highest BCUT2D eigenvalue weighted by molar-refractivity contribution is 5.81. The lowest BCUT2D eigenvalue weighted by Crippen LogP contribution is -2.30. The largest absolute Gasteiger partial charge is 0.481 e. The van der Waals surface area contributed by atoms with E-state index in [1.165, 1.54) is 6.92 Å². The zero-order valence-corrected chi connectivity index (χ0v) is 8.66. The summed E-state index contributed by atoms with van der Waals surface area (Å²) in [6.07, 6.45) is 0.883. The minimum absolute atomic E-state index is 0.0336. The van der Waals surface area contributed by atoms with Gasteiger partial charge in [0.2, 0.25) is 0 Å². The van der Waals surface area contributed by atoms with Gasteiger partial charge in [0.05, 0.1) is 5.92 Å². The average Bonchev–Trinajstić information content (AvgIpc) is 2.08. The number of primary amides is 1. The second-order valence-electron chi connectivity index (χ2n) is 3.37. The highest BCUT2D eigenvalue weighted by Crippen LogP contribution is 2.11. The third-order valence-electron chi connectivity index (χ3n) is 1.91. The number of hydrogen-bond acceptors (Lipinski definition) is 3. The van der Waals surface area contributed by atoms with Crippen LogP contribution in [-0.4, -0.2) is 29.4 Å². The quantitative estimate of drug-likeness (QED) is 0.525. The van der Waals surface area contributed by atoms with E-state index < -0.39 is 17.9 Å². The first-order valence-electron chi connectivity index (χ1n) is 4.69. The number of urea groups is 1. The molecule has 0 rings (SSSR count). The molecule has 0 aromatic heterocycles. The second-order valence-corrected chi connectivity index (χ2v) is 3.37. The maximum atomic E-state index is 10.7. The average molecular weight is 216 g/mol. The van der Waals surface area contributed by atoms with Gasteiger partial charge in [-0.3, -0.25) is 4.79 Å².